The van der Waals surface area contributed by atoms with Crippen LogP contribution in [0.1, 0.15) is 0 Å². The highest BCUT2D eigenvalue weighted by molar-refractivity contribution is 14.1. The molecule has 1 aliphatic rings. The second-order valence-electron chi connectivity index (χ2n) is 4.10. The van der Waals surface area contributed by atoms with Crippen LogP contribution in [0.25, 0.3) is 0 Å². The van der Waals surface area contributed by atoms with Crippen molar-refractivity contribution in [3.8, 4) is 0 Å². The highest BCUT2D eigenvalue weighted by Gasteiger charge is 2.42. The zero-order valence-electron chi connectivity index (χ0n) is 10.4. The Hall–Kier alpha value is -1.97. The molecule has 1 heterocycles. The van der Waals surface area contributed by atoms with Crippen LogP contribution in [0.5, 0.6) is 0 Å². The van der Waals surface area contributed by atoms with Crippen LogP contribution in [0.3, 0.4) is 0 Å². The number of amides is 5. The highest BCUT2D eigenvalue weighted by atomic mass is 127. The molecule has 5 amide bonds. The first-order valence-electron chi connectivity index (χ1n) is 5.59. The van der Waals surface area contributed by atoms with Crippen LogP contribution in [-0.4, -0.2) is 47.1 Å². The van der Waals surface area contributed by atoms with Crippen LogP contribution in [0.4, 0.5) is 10.5 Å². The molecule has 1 aliphatic heterocycles. The van der Waals surface area contributed by atoms with Gasteiger partial charge in [-0.2, -0.15) is 0 Å². The van der Waals surface area contributed by atoms with E-state index < -0.39 is 30.3 Å². The molecule has 0 radical (unpaired) electrons. The number of nitrogens with one attached hydrogen (secondary N) is 1. The van der Waals surface area contributed by atoms with E-state index in [1.165, 1.54) is 7.05 Å². The van der Waals surface area contributed by atoms with Crippen molar-refractivity contribution in [2.75, 3.05) is 18.9 Å². The zero-order valence-corrected chi connectivity index (χ0v) is 12.6. The quantitative estimate of drug-likeness (QED) is 0.469. The second kappa shape index (κ2) is 5.57. The third kappa shape index (κ3) is 2.79. The molecule has 1 aromatic rings. The largest absolute Gasteiger partial charge is 0.334 e. The van der Waals surface area contributed by atoms with E-state index >= 15 is 0 Å². The van der Waals surface area contributed by atoms with Gasteiger partial charge in [-0.1, -0.05) is 6.07 Å². The maximum absolute atomic E-state index is 11.8. The molecule has 7 nitrogen and oxygen atoms in total. The van der Waals surface area contributed by atoms with Crippen molar-refractivity contribution in [1.29, 1.82) is 0 Å². The third-order valence-corrected chi connectivity index (χ3v) is 3.33. The standard InChI is InChI=1S/C12H10IN3O4/c1-15-10(18)11(19)16(12(15)20)6-9(17)14-8-4-2-3-7(13)5-8/h2-5H,6H2,1H3,(H,14,17). The Kier molecular flexibility index (Phi) is 4.02. The molecule has 104 valence electrons. The van der Waals surface area contributed by atoms with Crippen molar-refractivity contribution in [1.82, 2.24) is 9.80 Å². The first kappa shape index (κ1) is 14.4. The molecule has 20 heavy (non-hydrogen) atoms. The number of carbonyl (C=O) groups is 4. The average molecular weight is 387 g/mol. The van der Waals surface area contributed by atoms with Gasteiger partial charge >= 0.3 is 17.8 Å². The van der Waals surface area contributed by atoms with Gasteiger partial charge in [0.1, 0.15) is 6.54 Å². The van der Waals surface area contributed by atoms with Gasteiger partial charge in [0.05, 0.1) is 0 Å². The Morgan fingerprint density at radius 1 is 1.25 bits per heavy atom. The van der Waals surface area contributed by atoms with Crippen LogP contribution < -0.4 is 5.32 Å². The second-order valence-corrected chi connectivity index (χ2v) is 5.34. The first-order chi connectivity index (χ1) is 9.40. The third-order valence-electron chi connectivity index (χ3n) is 2.66. The molecule has 1 saturated heterocycles. The number of likely N-dealkylation sites (N-methyl/N-ethyl adjacent to an activating group) is 1. The predicted octanol–water partition coefficient (Wildman–Crippen LogP) is 0.650. The Bertz CT molecular complexity index is 616. The molecule has 2 rings (SSSR count). The van der Waals surface area contributed by atoms with E-state index in [1.807, 2.05) is 6.07 Å². The van der Waals surface area contributed by atoms with Crippen LogP contribution >= 0.6 is 22.6 Å². The maximum atomic E-state index is 11.8. The summed E-state index contributed by atoms with van der Waals surface area (Å²) < 4.78 is 0.934. The molecule has 1 fully saturated rings. The summed E-state index contributed by atoms with van der Waals surface area (Å²) in [6, 6.07) is 6.25. The number of carbonyl (C=O) groups excluding carboxylic acids is 4. The molecule has 0 aliphatic carbocycles. The number of benzene rings is 1. The maximum Gasteiger partial charge on any atom is 0.334 e. The average Bonchev–Trinajstić information content (AvgIpc) is 2.57. The fourth-order valence-corrected chi connectivity index (χ4v) is 2.21. The molecular formula is C12H10IN3O4. The Morgan fingerprint density at radius 2 is 1.95 bits per heavy atom. The lowest BCUT2D eigenvalue weighted by Crippen LogP contribution is -2.38. The lowest BCUT2D eigenvalue weighted by molar-refractivity contribution is -0.143. The van der Waals surface area contributed by atoms with Gasteiger partial charge in [0, 0.05) is 16.3 Å². The van der Waals surface area contributed by atoms with Crippen molar-refractivity contribution in [2.45, 2.75) is 0 Å². The molecule has 0 spiro atoms. The number of rotatable bonds is 3. The molecule has 1 N–H and O–H groups in total. The zero-order chi connectivity index (χ0) is 14.9. The van der Waals surface area contributed by atoms with E-state index in [-0.39, 0.29) is 0 Å². The minimum Gasteiger partial charge on any atom is -0.324 e. The minimum absolute atomic E-state index is 0.487. The van der Waals surface area contributed by atoms with Gasteiger partial charge in [0.25, 0.3) is 0 Å². The number of urea groups is 1. The number of imide groups is 2. The van der Waals surface area contributed by atoms with Gasteiger partial charge in [-0.05, 0) is 40.8 Å². The Labute approximate surface area is 128 Å². The summed E-state index contributed by atoms with van der Waals surface area (Å²) in [5.41, 5.74) is 0.556. The van der Waals surface area contributed by atoms with E-state index in [9.17, 15) is 19.2 Å². The highest BCUT2D eigenvalue weighted by Crippen LogP contribution is 2.13. The van der Waals surface area contributed by atoms with Crippen molar-refractivity contribution >= 4 is 52.0 Å². The van der Waals surface area contributed by atoms with Gasteiger partial charge in [-0.3, -0.25) is 19.3 Å². The van der Waals surface area contributed by atoms with E-state index in [0.717, 1.165) is 3.57 Å². The topological polar surface area (TPSA) is 86.8 Å². The first-order valence-corrected chi connectivity index (χ1v) is 6.67. The lowest BCUT2D eigenvalue weighted by atomic mass is 10.3. The fraction of sp³-hybridized carbons (Fsp3) is 0.167. The summed E-state index contributed by atoms with van der Waals surface area (Å²) in [4.78, 5) is 47.5. The Balaban J connectivity index is 2.04. The molecule has 0 aromatic heterocycles. The normalized spacial score (nSPS) is 15.0. The SMILES string of the molecule is CN1C(=O)C(=O)N(CC(=O)Nc2cccc(I)c2)C1=O. The number of nitrogens with zero attached hydrogens (tertiary/aromatic N) is 2. The number of anilines is 1. The monoisotopic (exact) mass is 387 g/mol. The van der Waals surface area contributed by atoms with E-state index in [2.05, 4.69) is 27.9 Å². The summed E-state index contributed by atoms with van der Waals surface area (Å²) in [6.45, 7) is -0.487. The van der Waals surface area contributed by atoms with E-state index in [1.54, 1.807) is 18.2 Å². The molecule has 8 heteroatoms. The van der Waals surface area contributed by atoms with Crippen LogP contribution in [-0.2, 0) is 14.4 Å². The van der Waals surface area contributed by atoms with Crippen molar-refractivity contribution in [3.63, 3.8) is 0 Å². The van der Waals surface area contributed by atoms with Gasteiger partial charge < -0.3 is 5.32 Å². The van der Waals surface area contributed by atoms with Crippen molar-refractivity contribution < 1.29 is 19.2 Å². The van der Waals surface area contributed by atoms with Gasteiger partial charge in [-0.25, -0.2) is 9.69 Å². The van der Waals surface area contributed by atoms with Crippen LogP contribution in [0, 0.1) is 3.57 Å². The summed E-state index contributed by atoms with van der Waals surface area (Å²) in [5.74, 6) is -2.47. The minimum atomic E-state index is -0.990. The summed E-state index contributed by atoms with van der Waals surface area (Å²) in [6.07, 6.45) is 0. The number of halogens is 1. The van der Waals surface area contributed by atoms with Crippen molar-refractivity contribution in [2.24, 2.45) is 0 Å². The summed E-state index contributed by atoms with van der Waals surface area (Å²) >= 11 is 2.09. The smallest absolute Gasteiger partial charge is 0.324 e. The van der Waals surface area contributed by atoms with E-state index in [4.69, 9.17) is 0 Å². The molecule has 0 bridgehead atoms. The fourth-order valence-electron chi connectivity index (χ4n) is 1.66. The van der Waals surface area contributed by atoms with Gasteiger partial charge in [0.2, 0.25) is 5.91 Å². The molecular weight excluding hydrogens is 377 g/mol. The van der Waals surface area contributed by atoms with E-state index in [0.29, 0.717) is 15.5 Å². The molecule has 0 unspecified atom stereocenters. The number of hydrogen-bond acceptors (Lipinski definition) is 4. The summed E-state index contributed by atoms with van der Waals surface area (Å²) in [5, 5.41) is 2.56. The predicted molar refractivity (Wildman–Crippen MR) is 77.7 cm³/mol. The summed E-state index contributed by atoms with van der Waals surface area (Å²) in [7, 11) is 1.19. The van der Waals surface area contributed by atoms with Crippen LogP contribution in [0.15, 0.2) is 24.3 Å². The van der Waals surface area contributed by atoms with Gasteiger partial charge in [0.15, 0.2) is 0 Å². The van der Waals surface area contributed by atoms with Crippen molar-refractivity contribution in [3.05, 3.63) is 27.8 Å². The van der Waals surface area contributed by atoms with Gasteiger partial charge in [-0.15, -0.1) is 0 Å². The van der Waals surface area contributed by atoms with Crippen LogP contribution in [0.2, 0.25) is 0 Å². The lowest BCUT2D eigenvalue weighted by Gasteiger charge is -2.12. The molecule has 0 saturated carbocycles. The molecule has 0 atom stereocenters. The Morgan fingerprint density at radius 3 is 2.50 bits per heavy atom. The number of hydrogen-bond donors (Lipinski definition) is 1. The molecule has 1 aromatic carbocycles.